The summed E-state index contributed by atoms with van der Waals surface area (Å²) in [7, 11) is 0. The first-order chi connectivity index (χ1) is 12.8. The molecule has 8 heteroatoms. The molecule has 0 atom stereocenters. The van der Waals surface area contributed by atoms with Crippen molar-refractivity contribution in [1.29, 1.82) is 0 Å². The normalized spacial score (nSPS) is 10.6. The summed E-state index contributed by atoms with van der Waals surface area (Å²) in [6.07, 6.45) is 2.76. The van der Waals surface area contributed by atoms with E-state index in [1.165, 1.54) is 18.5 Å². The lowest BCUT2D eigenvalue weighted by Gasteiger charge is -2.11. The molecule has 2 aromatic carbocycles. The van der Waals surface area contributed by atoms with Crippen LogP contribution < -0.4 is 10.6 Å². The van der Waals surface area contributed by atoms with Crippen LogP contribution in [0.15, 0.2) is 48.8 Å². The Labute approximate surface area is 158 Å². The molecular formula is C19H13ClF3N3O. The first kappa shape index (κ1) is 18.7. The zero-order valence-corrected chi connectivity index (χ0v) is 14.7. The summed E-state index contributed by atoms with van der Waals surface area (Å²) < 4.78 is 40.0. The van der Waals surface area contributed by atoms with E-state index in [0.717, 1.165) is 23.4 Å². The highest BCUT2D eigenvalue weighted by Crippen LogP contribution is 2.25. The van der Waals surface area contributed by atoms with Crippen molar-refractivity contribution in [2.75, 3.05) is 10.6 Å². The van der Waals surface area contributed by atoms with Crippen LogP contribution in [0.4, 0.5) is 30.2 Å². The Morgan fingerprint density at radius 1 is 1.00 bits per heavy atom. The summed E-state index contributed by atoms with van der Waals surface area (Å²) >= 11 is 5.98. The van der Waals surface area contributed by atoms with Gasteiger partial charge in [-0.05, 0) is 42.8 Å². The Kier molecular flexibility index (Phi) is 5.32. The van der Waals surface area contributed by atoms with Crippen molar-refractivity contribution in [2.24, 2.45) is 0 Å². The summed E-state index contributed by atoms with van der Waals surface area (Å²) in [5.41, 5.74) is 1.79. The molecule has 4 nitrogen and oxygen atoms in total. The third-order valence-electron chi connectivity index (χ3n) is 3.76. The van der Waals surface area contributed by atoms with Gasteiger partial charge in [0.2, 0.25) is 0 Å². The smallest absolute Gasteiger partial charge is 0.257 e. The minimum absolute atomic E-state index is 0.101. The van der Waals surface area contributed by atoms with E-state index < -0.39 is 29.0 Å². The number of hydrogen-bond donors (Lipinski definition) is 2. The van der Waals surface area contributed by atoms with Gasteiger partial charge in [-0.15, -0.1) is 0 Å². The molecule has 0 saturated heterocycles. The van der Waals surface area contributed by atoms with Crippen molar-refractivity contribution in [3.63, 3.8) is 0 Å². The van der Waals surface area contributed by atoms with E-state index in [0.29, 0.717) is 10.7 Å². The number of carbonyl (C=O) groups excluding carboxylic acids is 1. The summed E-state index contributed by atoms with van der Waals surface area (Å²) in [4.78, 5) is 16.3. The third kappa shape index (κ3) is 4.20. The predicted octanol–water partition coefficient (Wildman–Crippen LogP) is 5.46. The number of amides is 1. The number of nitrogens with one attached hydrogen (secondary N) is 2. The highest BCUT2D eigenvalue weighted by molar-refractivity contribution is 6.30. The predicted molar refractivity (Wildman–Crippen MR) is 98.0 cm³/mol. The Balaban J connectivity index is 1.82. The fraction of sp³-hybridized carbons (Fsp3) is 0.0526. The average Bonchev–Trinajstić information content (AvgIpc) is 2.65. The van der Waals surface area contributed by atoms with Gasteiger partial charge in [0.1, 0.15) is 0 Å². The molecular weight excluding hydrogens is 379 g/mol. The van der Waals surface area contributed by atoms with Crippen LogP contribution in [0.5, 0.6) is 0 Å². The standard InChI is InChI=1S/C19H13ClF3N3O/c1-10-2-3-12(20)7-16(10)25-13-6-11(8-24-9-13)19(27)26-15-5-4-14(21)17(22)18(15)23/h2-9,25H,1H3,(H,26,27). The van der Waals surface area contributed by atoms with Gasteiger partial charge in [0, 0.05) is 16.9 Å². The maximum Gasteiger partial charge on any atom is 0.257 e. The van der Waals surface area contributed by atoms with E-state index in [1.807, 2.05) is 13.0 Å². The van der Waals surface area contributed by atoms with Crippen LogP contribution in [0.25, 0.3) is 0 Å². The van der Waals surface area contributed by atoms with Gasteiger partial charge in [0.25, 0.3) is 5.91 Å². The van der Waals surface area contributed by atoms with Crippen molar-refractivity contribution in [3.05, 3.63) is 82.4 Å². The quantitative estimate of drug-likeness (QED) is 0.581. The van der Waals surface area contributed by atoms with Gasteiger partial charge in [-0.25, -0.2) is 13.2 Å². The number of benzene rings is 2. The molecule has 0 aliphatic heterocycles. The first-order valence-electron chi connectivity index (χ1n) is 7.78. The van der Waals surface area contributed by atoms with Gasteiger partial charge in [0.15, 0.2) is 17.5 Å². The molecule has 3 aromatic rings. The number of carbonyl (C=O) groups is 1. The molecule has 1 amide bonds. The largest absolute Gasteiger partial charge is 0.354 e. The monoisotopic (exact) mass is 391 g/mol. The van der Waals surface area contributed by atoms with Gasteiger partial charge in [-0.3, -0.25) is 9.78 Å². The van der Waals surface area contributed by atoms with Gasteiger partial charge >= 0.3 is 0 Å². The minimum Gasteiger partial charge on any atom is -0.354 e. The van der Waals surface area contributed by atoms with Crippen molar-refractivity contribution in [2.45, 2.75) is 6.92 Å². The van der Waals surface area contributed by atoms with Crippen LogP contribution in [-0.2, 0) is 0 Å². The fourth-order valence-corrected chi connectivity index (χ4v) is 2.51. The van der Waals surface area contributed by atoms with Crippen LogP contribution in [0.1, 0.15) is 15.9 Å². The van der Waals surface area contributed by atoms with E-state index in [4.69, 9.17) is 11.6 Å². The average molecular weight is 392 g/mol. The lowest BCUT2D eigenvalue weighted by Crippen LogP contribution is -2.14. The lowest BCUT2D eigenvalue weighted by atomic mass is 10.2. The topological polar surface area (TPSA) is 54.0 Å². The van der Waals surface area contributed by atoms with Crippen molar-refractivity contribution < 1.29 is 18.0 Å². The van der Waals surface area contributed by atoms with E-state index in [-0.39, 0.29) is 5.56 Å². The zero-order chi connectivity index (χ0) is 19.6. The van der Waals surface area contributed by atoms with Gasteiger partial charge in [-0.1, -0.05) is 17.7 Å². The number of nitrogens with zero attached hydrogens (tertiary/aromatic N) is 1. The van der Waals surface area contributed by atoms with Crippen LogP contribution >= 0.6 is 11.6 Å². The van der Waals surface area contributed by atoms with Crippen LogP contribution in [0.2, 0.25) is 5.02 Å². The van der Waals surface area contributed by atoms with E-state index in [1.54, 1.807) is 12.1 Å². The second-order valence-electron chi connectivity index (χ2n) is 5.72. The second kappa shape index (κ2) is 7.67. The van der Waals surface area contributed by atoms with Crippen LogP contribution in [-0.4, -0.2) is 10.9 Å². The first-order valence-corrected chi connectivity index (χ1v) is 8.16. The Morgan fingerprint density at radius 2 is 1.78 bits per heavy atom. The Hall–Kier alpha value is -3.06. The molecule has 27 heavy (non-hydrogen) atoms. The fourth-order valence-electron chi connectivity index (χ4n) is 2.33. The maximum absolute atomic E-state index is 13.7. The third-order valence-corrected chi connectivity index (χ3v) is 4.00. The van der Waals surface area contributed by atoms with Gasteiger partial charge in [-0.2, -0.15) is 0 Å². The number of anilines is 3. The number of aromatic nitrogens is 1. The maximum atomic E-state index is 13.7. The molecule has 0 aliphatic carbocycles. The van der Waals surface area contributed by atoms with Gasteiger partial charge < -0.3 is 10.6 Å². The SMILES string of the molecule is Cc1ccc(Cl)cc1Nc1cncc(C(=O)Nc2ccc(F)c(F)c2F)c1. The van der Waals surface area contributed by atoms with Crippen molar-refractivity contribution in [1.82, 2.24) is 4.98 Å². The molecule has 0 radical (unpaired) electrons. The molecule has 1 aromatic heterocycles. The highest BCUT2D eigenvalue weighted by Gasteiger charge is 2.16. The number of halogens is 4. The Morgan fingerprint density at radius 3 is 2.56 bits per heavy atom. The number of rotatable bonds is 4. The molecule has 0 spiro atoms. The molecule has 0 bridgehead atoms. The molecule has 0 unspecified atom stereocenters. The van der Waals surface area contributed by atoms with Crippen LogP contribution in [0.3, 0.4) is 0 Å². The highest BCUT2D eigenvalue weighted by atomic mass is 35.5. The number of pyridine rings is 1. The summed E-state index contributed by atoms with van der Waals surface area (Å²) in [5.74, 6) is -5.19. The number of hydrogen-bond acceptors (Lipinski definition) is 3. The summed E-state index contributed by atoms with van der Waals surface area (Å²) in [6, 6.07) is 8.46. The summed E-state index contributed by atoms with van der Waals surface area (Å²) in [6.45, 7) is 1.88. The van der Waals surface area contributed by atoms with E-state index in [2.05, 4.69) is 15.6 Å². The molecule has 138 valence electrons. The van der Waals surface area contributed by atoms with Crippen LogP contribution in [0, 0.1) is 24.4 Å². The summed E-state index contributed by atoms with van der Waals surface area (Å²) in [5, 5.41) is 5.83. The zero-order valence-electron chi connectivity index (χ0n) is 14.0. The minimum atomic E-state index is -1.65. The second-order valence-corrected chi connectivity index (χ2v) is 6.16. The molecule has 1 heterocycles. The molecule has 3 rings (SSSR count). The van der Waals surface area contributed by atoms with Crippen molar-refractivity contribution in [3.8, 4) is 0 Å². The molecule has 0 aliphatic rings. The number of aryl methyl sites for hydroxylation is 1. The molecule has 0 saturated carbocycles. The molecule has 0 fully saturated rings. The van der Waals surface area contributed by atoms with Gasteiger partial charge in [0.05, 0.1) is 23.1 Å². The Bertz CT molecular complexity index is 1030. The van der Waals surface area contributed by atoms with E-state index in [9.17, 15) is 18.0 Å². The van der Waals surface area contributed by atoms with E-state index >= 15 is 0 Å². The van der Waals surface area contributed by atoms with Crippen molar-refractivity contribution >= 4 is 34.6 Å². The lowest BCUT2D eigenvalue weighted by molar-refractivity contribution is 0.102. The molecule has 2 N–H and O–H groups in total.